The summed E-state index contributed by atoms with van der Waals surface area (Å²) >= 11 is 0. The Kier molecular flexibility index (Phi) is 3.03. The van der Waals surface area contributed by atoms with E-state index in [1.165, 1.54) is 6.26 Å². The van der Waals surface area contributed by atoms with Crippen LogP contribution in [-0.2, 0) is 16.3 Å². The van der Waals surface area contributed by atoms with Crippen molar-refractivity contribution in [2.24, 2.45) is 0 Å². The highest BCUT2D eigenvalue weighted by molar-refractivity contribution is 7.92. The maximum atomic E-state index is 11.6. The second kappa shape index (κ2) is 4.18. The highest BCUT2D eigenvalue weighted by Gasteiger charge is 2.32. The first kappa shape index (κ1) is 11.6. The summed E-state index contributed by atoms with van der Waals surface area (Å²) in [5.41, 5.74) is 0.449. The maximum Gasteiger partial charge on any atom is 0.195 e. The van der Waals surface area contributed by atoms with Crippen molar-refractivity contribution in [3.05, 3.63) is 17.8 Å². The van der Waals surface area contributed by atoms with Crippen LogP contribution in [0.1, 0.15) is 37.5 Å². The fourth-order valence-corrected chi connectivity index (χ4v) is 3.72. The Hall–Kier alpha value is -0.880. The third kappa shape index (κ3) is 2.27. The first-order chi connectivity index (χ1) is 7.49. The van der Waals surface area contributed by atoms with E-state index >= 15 is 0 Å². The SMILES string of the molecule is CC(O)c1coc(CC2CCCS2(=O)=O)n1. The molecule has 1 saturated heterocycles. The van der Waals surface area contributed by atoms with E-state index in [1.807, 2.05) is 0 Å². The van der Waals surface area contributed by atoms with E-state index in [0.29, 0.717) is 24.4 Å². The molecule has 1 aromatic heterocycles. The average Bonchev–Trinajstić information content (AvgIpc) is 2.75. The number of aliphatic hydroxyl groups excluding tert-OH is 1. The van der Waals surface area contributed by atoms with Gasteiger partial charge in [0.25, 0.3) is 0 Å². The summed E-state index contributed by atoms with van der Waals surface area (Å²) in [6.45, 7) is 1.59. The molecule has 6 heteroatoms. The number of oxazole rings is 1. The molecule has 2 atom stereocenters. The van der Waals surface area contributed by atoms with E-state index in [2.05, 4.69) is 4.98 Å². The zero-order valence-electron chi connectivity index (χ0n) is 9.09. The van der Waals surface area contributed by atoms with Gasteiger partial charge >= 0.3 is 0 Å². The van der Waals surface area contributed by atoms with Crippen LogP contribution in [0.4, 0.5) is 0 Å². The molecular formula is C10H15NO4S. The van der Waals surface area contributed by atoms with Crippen molar-refractivity contribution in [3.8, 4) is 0 Å². The Balaban J connectivity index is 2.09. The summed E-state index contributed by atoms with van der Waals surface area (Å²) in [7, 11) is -2.96. The van der Waals surface area contributed by atoms with Gasteiger partial charge in [-0.05, 0) is 19.8 Å². The van der Waals surface area contributed by atoms with Gasteiger partial charge in [0.2, 0.25) is 0 Å². The quantitative estimate of drug-likeness (QED) is 0.853. The Morgan fingerprint density at radius 2 is 2.44 bits per heavy atom. The van der Waals surface area contributed by atoms with Gasteiger partial charge in [0.05, 0.1) is 17.1 Å². The lowest BCUT2D eigenvalue weighted by Crippen LogP contribution is -2.18. The van der Waals surface area contributed by atoms with Gasteiger partial charge in [0.1, 0.15) is 12.0 Å². The molecule has 1 N–H and O–H groups in total. The predicted octanol–water partition coefficient (Wildman–Crippen LogP) is 0.848. The molecule has 1 fully saturated rings. The molecule has 0 aliphatic carbocycles. The van der Waals surface area contributed by atoms with Gasteiger partial charge in [0.15, 0.2) is 15.7 Å². The summed E-state index contributed by atoms with van der Waals surface area (Å²) in [5, 5.41) is 8.89. The van der Waals surface area contributed by atoms with Crippen molar-refractivity contribution in [1.82, 2.24) is 4.98 Å². The number of aliphatic hydroxyl groups is 1. The highest BCUT2D eigenvalue weighted by Crippen LogP contribution is 2.24. The normalized spacial score (nSPS) is 25.8. The fraction of sp³-hybridized carbons (Fsp3) is 0.700. The number of rotatable bonds is 3. The molecule has 1 aromatic rings. The van der Waals surface area contributed by atoms with Gasteiger partial charge in [0, 0.05) is 6.42 Å². The summed E-state index contributed by atoms with van der Waals surface area (Å²) in [6.07, 6.45) is 2.40. The van der Waals surface area contributed by atoms with E-state index in [4.69, 9.17) is 4.42 Å². The molecule has 2 rings (SSSR count). The average molecular weight is 245 g/mol. The lowest BCUT2D eigenvalue weighted by molar-refractivity contribution is 0.194. The van der Waals surface area contributed by atoms with Gasteiger partial charge in [-0.25, -0.2) is 13.4 Å². The molecule has 0 bridgehead atoms. The molecule has 16 heavy (non-hydrogen) atoms. The van der Waals surface area contributed by atoms with Crippen LogP contribution in [0, 0.1) is 0 Å². The van der Waals surface area contributed by atoms with Crippen LogP contribution < -0.4 is 0 Å². The van der Waals surface area contributed by atoms with E-state index in [0.717, 1.165) is 6.42 Å². The molecule has 0 aromatic carbocycles. The minimum absolute atomic E-state index is 0.266. The first-order valence-corrected chi connectivity index (χ1v) is 7.04. The van der Waals surface area contributed by atoms with E-state index < -0.39 is 15.9 Å². The van der Waals surface area contributed by atoms with Crippen LogP contribution in [0.15, 0.2) is 10.7 Å². The third-order valence-corrected chi connectivity index (χ3v) is 5.14. The lowest BCUT2D eigenvalue weighted by atomic mass is 10.2. The van der Waals surface area contributed by atoms with Crippen LogP contribution in [-0.4, -0.2) is 29.5 Å². The Morgan fingerprint density at radius 1 is 1.69 bits per heavy atom. The summed E-state index contributed by atoms with van der Waals surface area (Å²) < 4.78 is 28.3. The van der Waals surface area contributed by atoms with Gasteiger partial charge in [-0.2, -0.15) is 0 Å². The third-order valence-electron chi connectivity index (χ3n) is 2.86. The number of aromatic nitrogens is 1. The second-order valence-electron chi connectivity index (χ2n) is 4.18. The van der Waals surface area contributed by atoms with Gasteiger partial charge in [-0.1, -0.05) is 0 Å². The number of hydrogen-bond acceptors (Lipinski definition) is 5. The van der Waals surface area contributed by atoms with Crippen molar-refractivity contribution >= 4 is 9.84 Å². The van der Waals surface area contributed by atoms with Crippen LogP contribution in [0.5, 0.6) is 0 Å². The van der Waals surface area contributed by atoms with Crippen LogP contribution >= 0.6 is 0 Å². The first-order valence-electron chi connectivity index (χ1n) is 5.33. The Morgan fingerprint density at radius 3 is 2.94 bits per heavy atom. The molecule has 0 radical (unpaired) electrons. The largest absolute Gasteiger partial charge is 0.449 e. The van der Waals surface area contributed by atoms with Gasteiger partial charge in [-0.3, -0.25) is 0 Å². The zero-order valence-corrected chi connectivity index (χ0v) is 9.90. The van der Waals surface area contributed by atoms with E-state index in [1.54, 1.807) is 6.92 Å². The fourth-order valence-electron chi connectivity index (χ4n) is 1.89. The van der Waals surface area contributed by atoms with Crippen LogP contribution in [0.25, 0.3) is 0 Å². The summed E-state index contributed by atoms with van der Waals surface area (Å²) in [4.78, 5) is 4.06. The predicted molar refractivity (Wildman–Crippen MR) is 57.6 cm³/mol. The lowest BCUT2D eigenvalue weighted by Gasteiger charge is -2.05. The van der Waals surface area contributed by atoms with Gasteiger partial charge < -0.3 is 9.52 Å². The van der Waals surface area contributed by atoms with E-state index in [9.17, 15) is 13.5 Å². The minimum Gasteiger partial charge on any atom is -0.449 e. The van der Waals surface area contributed by atoms with E-state index in [-0.39, 0.29) is 11.0 Å². The molecular weight excluding hydrogens is 230 g/mol. The summed E-state index contributed by atoms with van der Waals surface area (Å²) in [6, 6.07) is 0. The summed E-state index contributed by atoms with van der Waals surface area (Å²) in [5.74, 6) is 0.660. The number of nitrogens with zero attached hydrogens (tertiary/aromatic N) is 1. The topological polar surface area (TPSA) is 80.4 Å². The second-order valence-corrected chi connectivity index (χ2v) is 6.58. The smallest absolute Gasteiger partial charge is 0.195 e. The zero-order chi connectivity index (χ0) is 11.8. The van der Waals surface area contributed by atoms with Crippen molar-refractivity contribution in [3.63, 3.8) is 0 Å². The highest BCUT2D eigenvalue weighted by atomic mass is 32.2. The molecule has 0 spiro atoms. The number of sulfone groups is 1. The molecule has 2 unspecified atom stereocenters. The molecule has 5 nitrogen and oxygen atoms in total. The minimum atomic E-state index is -2.96. The van der Waals surface area contributed by atoms with Crippen molar-refractivity contribution in [2.75, 3.05) is 5.75 Å². The monoisotopic (exact) mass is 245 g/mol. The molecule has 90 valence electrons. The maximum absolute atomic E-state index is 11.6. The molecule has 1 aliphatic rings. The molecule has 0 saturated carbocycles. The molecule has 2 heterocycles. The van der Waals surface area contributed by atoms with Crippen molar-refractivity contribution in [2.45, 2.75) is 37.5 Å². The van der Waals surface area contributed by atoms with Crippen molar-refractivity contribution in [1.29, 1.82) is 0 Å². The number of hydrogen-bond donors (Lipinski definition) is 1. The standard InChI is InChI=1S/C10H15NO4S/c1-7(12)9-6-15-10(11-9)5-8-3-2-4-16(8,13)14/h6-8,12H,2-5H2,1H3. The van der Waals surface area contributed by atoms with Crippen molar-refractivity contribution < 1.29 is 17.9 Å². The van der Waals surface area contributed by atoms with Crippen LogP contribution in [0.3, 0.4) is 0 Å². The Bertz CT molecular complexity index is 463. The molecule has 0 amide bonds. The molecule has 1 aliphatic heterocycles. The van der Waals surface area contributed by atoms with Crippen LogP contribution in [0.2, 0.25) is 0 Å². The van der Waals surface area contributed by atoms with Gasteiger partial charge in [-0.15, -0.1) is 0 Å². The Labute approximate surface area is 94.4 Å².